The van der Waals surface area contributed by atoms with Crippen LogP contribution in [0.25, 0.3) is 0 Å². The van der Waals surface area contributed by atoms with E-state index in [2.05, 4.69) is 58.9 Å². The van der Waals surface area contributed by atoms with E-state index >= 15 is 0 Å². The zero-order chi connectivity index (χ0) is 27.2. The number of nitrogens with one attached hydrogen (secondary N) is 2. The van der Waals surface area contributed by atoms with Crippen molar-refractivity contribution in [2.45, 2.75) is 37.3 Å². The Balaban J connectivity index is 1.26. The molecule has 2 aromatic rings. The van der Waals surface area contributed by atoms with E-state index in [1.54, 1.807) is 0 Å². The maximum absolute atomic E-state index is 13.4. The topological polar surface area (TPSA) is 111 Å². The number of ether oxygens (including phenoxy) is 1. The lowest BCUT2D eigenvalue weighted by Gasteiger charge is -2.44. The van der Waals surface area contributed by atoms with E-state index in [1.807, 2.05) is 28.0 Å². The Bertz CT molecular complexity index is 1250. The predicted molar refractivity (Wildman–Crippen MR) is 145 cm³/mol. The lowest BCUT2D eigenvalue weighted by atomic mass is 9.76. The number of rotatable bonds is 4. The summed E-state index contributed by atoms with van der Waals surface area (Å²) >= 11 is 0. The normalized spacial score (nSPS) is 22.1. The molecule has 4 amide bonds. The molecule has 0 unspecified atom stereocenters. The summed E-state index contributed by atoms with van der Waals surface area (Å²) in [7, 11) is 0. The molecule has 3 saturated heterocycles. The molecule has 3 fully saturated rings. The SMILES string of the molecule is O=C(O)NCC#Cc1cccc([C@@H](c2ccccc2)C2CCN(C(=O)N3CC[C@@H]4OCC(=O)N[C@@H]4C3)CC2)c1. The van der Waals surface area contributed by atoms with E-state index in [0.717, 1.165) is 24.8 Å². The molecule has 0 radical (unpaired) electrons. The molecule has 0 saturated carbocycles. The number of piperidine rings is 2. The smallest absolute Gasteiger partial charge is 0.405 e. The van der Waals surface area contributed by atoms with Crippen LogP contribution in [-0.2, 0) is 9.53 Å². The first kappa shape index (κ1) is 26.6. The van der Waals surface area contributed by atoms with E-state index in [4.69, 9.17) is 9.84 Å². The van der Waals surface area contributed by atoms with Gasteiger partial charge >= 0.3 is 12.1 Å². The van der Waals surface area contributed by atoms with Gasteiger partial charge in [0.05, 0.1) is 18.7 Å². The maximum Gasteiger partial charge on any atom is 0.405 e. The summed E-state index contributed by atoms with van der Waals surface area (Å²) in [6, 6.07) is 18.5. The van der Waals surface area contributed by atoms with Crippen molar-refractivity contribution in [2.24, 2.45) is 5.92 Å². The van der Waals surface area contributed by atoms with Gasteiger partial charge in [0.1, 0.15) is 6.61 Å². The molecule has 3 aliphatic heterocycles. The molecule has 0 aromatic heterocycles. The zero-order valence-electron chi connectivity index (χ0n) is 21.8. The Morgan fingerprint density at radius 2 is 1.77 bits per heavy atom. The highest BCUT2D eigenvalue weighted by atomic mass is 16.5. The van der Waals surface area contributed by atoms with Crippen LogP contribution < -0.4 is 10.6 Å². The second-order valence-electron chi connectivity index (χ2n) is 10.3. The number of urea groups is 1. The fraction of sp³-hybridized carbons (Fsp3) is 0.433. The molecule has 5 rings (SSSR count). The van der Waals surface area contributed by atoms with Crippen molar-refractivity contribution in [3.8, 4) is 11.8 Å². The predicted octanol–water partition coefficient (Wildman–Crippen LogP) is 2.86. The Hall–Kier alpha value is -4.03. The van der Waals surface area contributed by atoms with Crippen LogP contribution in [0.4, 0.5) is 9.59 Å². The van der Waals surface area contributed by atoms with Crippen LogP contribution in [0.2, 0.25) is 0 Å². The average molecular weight is 531 g/mol. The summed E-state index contributed by atoms with van der Waals surface area (Å²) in [5.41, 5.74) is 3.24. The number of carbonyl (C=O) groups excluding carboxylic acids is 2. The van der Waals surface area contributed by atoms with Gasteiger partial charge in [-0.15, -0.1) is 0 Å². The molecule has 0 bridgehead atoms. The largest absolute Gasteiger partial charge is 0.465 e. The van der Waals surface area contributed by atoms with Crippen LogP contribution in [0.1, 0.15) is 41.9 Å². The van der Waals surface area contributed by atoms with Crippen LogP contribution in [-0.4, -0.2) is 84.4 Å². The molecule has 0 aliphatic carbocycles. The van der Waals surface area contributed by atoms with Crippen LogP contribution in [0.15, 0.2) is 54.6 Å². The van der Waals surface area contributed by atoms with Crippen molar-refractivity contribution in [2.75, 3.05) is 39.3 Å². The number of amides is 4. The Kier molecular flexibility index (Phi) is 8.33. The number of carboxylic acid groups (broad SMARTS) is 1. The second kappa shape index (κ2) is 12.2. The van der Waals surface area contributed by atoms with Crippen molar-refractivity contribution in [3.05, 3.63) is 71.3 Å². The summed E-state index contributed by atoms with van der Waals surface area (Å²) < 4.78 is 5.64. The maximum atomic E-state index is 13.4. The van der Waals surface area contributed by atoms with Crippen molar-refractivity contribution >= 4 is 18.0 Å². The van der Waals surface area contributed by atoms with Gasteiger partial charge in [-0.25, -0.2) is 9.59 Å². The van der Waals surface area contributed by atoms with E-state index < -0.39 is 6.09 Å². The fourth-order valence-corrected chi connectivity index (χ4v) is 5.97. The third-order valence-corrected chi connectivity index (χ3v) is 7.84. The number of fused-ring (bicyclic) bond motifs is 1. The molecule has 3 N–H and O–H groups in total. The number of carbonyl (C=O) groups is 3. The summed E-state index contributed by atoms with van der Waals surface area (Å²) in [5.74, 6) is 6.32. The molecular weight excluding hydrogens is 496 g/mol. The van der Waals surface area contributed by atoms with Gasteiger partial charge in [-0.1, -0.05) is 54.3 Å². The van der Waals surface area contributed by atoms with Gasteiger partial charge in [0.15, 0.2) is 0 Å². The lowest BCUT2D eigenvalue weighted by molar-refractivity contribution is -0.139. The first-order valence-corrected chi connectivity index (χ1v) is 13.5. The first-order valence-electron chi connectivity index (χ1n) is 13.5. The second-order valence-corrected chi connectivity index (χ2v) is 10.3. The van der Waals surface area contributed by atoms with Crippen molar-refractivity contribution in [1.29, 1.82) is 0 Å². The first-order chi connectivity index (χ1) is 19.0. The third kappa shape index (κ3) is 6.52. The number of benzene rings is 2. The zero-order valence-corrected chi connectivity index (χ0v) is 21.8. The average Bonchev–Trinajstić information content (AvgIpc) is 2.96. The summed E-state index contributed by atoms with van der Waals surface area (Å²) in [5, 5.41) is 14.0. The molecule has 2 aromatic carbocycles. The van der Waals surface area contributed by atoms with Gasteiger partial charge in [-0.2, -0.15) is 0 Å². The number of hydrogen-bond acceptors (Lipinski definition) is 4. The van der Waals surface area contributed by atoms with Gasteiger partial charge in [-0.3, -0.25) is 4.79 Å². The highest BCUT2D eigenvalue weighted by Crippen LogP contribution is 2.38. The van der Waals surface area contributed by atoms with Crippen LogP contribution in [0.3, 0.4) is 0 Å². The molecule has 3 atom stereocenters. The minimum atomic E-state index is -1.09. The number of nitrogens with zero attached hydrogens (tertiary/aromatic N) is 2. The van der Waals surface area contributed by atoms with Crippen molar-refractivity contribution < 1.29 is 24.2 Å². The molecule has 204 valence electrons. The molecule has 3 aliphatic rings. The van der Waals surface area contributed by atoms with Crippen LogP contribution >= 0.6 is 0 Å². The van der Waals surface area contributed by atoms with E-state index in [0.29, 0.717) is 32.1 Å². The highest BCUT2D eigenvalue weighted by molar-refractivity contribution is 5.79. The monoisotopic (exact) mass is 530 g/mol. The Morgan fingerprint density at radius 1 is 1.03 bits per heavy atom. The number of hydrogen-bond donors (Lipinski definition) is 3. The minimum Gasteiger partial charge on any atom is -0.465 e. The van der Waals surface area contributed by atoms with Gasteiger partial charge in [0.25, 0.3) is 0 Å². The van der Waals surface area contributed by atoms with E-state index in [-0.39, 0.29) is 43.2 Å². The minimum absolute atomic E-state index is 0.0157. The highest BCUT2D eigenvalue weighted by Gasteiger charge is 2.38. The van der Waals surface area contributed by atoms with Crippen LogP contribution in [0.5, 0.6) is 0 Å². The van der Waals surface area contributed by atoms with Crippen molar-refractivity contribution in [3.63, 3.8) is 0 Å². The van der Waals surface area contributed by atoms with Gasteiger partial charge < -0.3 is 30.3 Å². The van der Waals surface area contributed by atoms with Gasteiger partial charge in [0.2, 0.25) is 5.91 Å². The van der Waals surface area contributed by atoms with E-state index in [1.165, 1.54) is 11.1 Å². The molecule has 3 heterocycles. The fourth-order valence-electron chi connectivity index (χ4n) is 5.97. The quantitative estimate of drug-likeness (QED) is 0.527. The Morgan fingerprint density at radius 3 is 2.54 bits per heavy atom. The molecule has 0 spiro atoms. The summed E-state index contributed by atoms with van der Waals surface area (Å²) in [6.07, 6.45) is 1.38. The molecule has 39 heavy (non-hydrogen) atoms. The molecule has 9 heteroatoms. The third-order valence-electron chi connectivity index (χ3n) is 7.84. The number of morpholine rings is 1. The van der Waals surface area contributed by atoms with Gasteiger partial charge in [-0.05, 0) is 48.4 Å². The van der Waals surface area contributed by atoms with Gasteiger partial charge in [0, 0.05) is 37.7 Å². The summed E-state index contributed by atoms with van der Waals surface area (Å²) in [6.45, 7) is 2.66. The van der Waals surface area contributed by atoms with Crippen molar-refractivity contribution in [1.82, 2.24) is 20.4 Å². The number of likely N-dealkylation sites (tertiary alicyclic amines) is 2. The Labute approximate surface area is 228 Å². The van der Waals surface area contributed by atoms with E-state index in [9.17, 15) is 14.4 Å². The molecule has 9 nitrogen and oxygen atoms in total. The lowest BCUT2D eigenvalue weighted by Crippen LogP contribution is -2.62. The standard InChI is InChI=1S/C30H34N4O5/c35-27-20-39-26-13-17-34(19-25(26)32-27)30(38)33-15-11-23(12-16-33)28(22-8-2-1-3-9-22)24-10-4-6-21(18-24)7-5-14-31-29(36)37/h1-4,6,8-10,18,23,25-26,28,31H,11-17,19-20H2,(H,32,35)(H,36,37)/t25-,26+,28+/m1/s1. The summed E-state index contributed by atoms with van der Waals surface area (Å²) in [4.78, 5) is 39.6. The molecular formula is C30H34N4O5. The van der Waals surface area contributed by atoms with Crippen LogP contribution in [0, 0.1) is 17.8 Å².